The lowest BCUT2D eigenvalue weighted by Gasteiger charge is -2.26. The van der Waals surface area contributed by atoms with Crippen LogP contribution in [0.15, 0.2) is 18.2 Å². The molecule has 0 spiro atoms. The Morgan fingerprint density at radius 3 is 2.80 bits per heavy atom. The van der Waals surface area contributed by atoms with Crippen LogP contribution >= 0.6 is 0 Å². The number of likely N-dealkylation sites (tertiary alicyclic amines) is 1. The maximum Gasteiger partial charge on any atom is 0.335 e. The highest BCUT2D eigenvalue weighted by atomic mass is 16.5. The van der Waals surface area contributed by atoms with Gasteiger partial charge in [-0.1, -0.05) is 13.0 Å². The highest BCUT2D eigenvalue weighted by molar-refractivity contribution is 5.88. The lowest BCUT2D eigenvalue weighted by Crippen LogP contribution is -2.30. The van der Waals surface area contributed by atoms with Crippen LogP contribution in [0.2, 0.25) is 0 Å². The van der Waals surface area contributed by atoms with Gasteiger partial charge in [-0.05, 0) is 25.0 Å². The molecule has 0 radical (unpaired) electrons. The van der Waals surface area contributed by atoms with Crippen molar-refractivity contribution in [3.63, 3.8) is 0 Å². The van der Waals surface area contributed by atoms with Gasteiger partial charge in [0.2, 0.25) is 5.91 Å². The average molecular weight is 277 g/mol. The van der Waals surface area contributed by atoms with Gasteiger partial charge in [0.25, 0.3) is 0 Å². The molecule has 0 bridgehead atoms. The van der Waals surface area contributed by atoms with Crippen LogP contribution < -0.4 is 4.74 Å². The second-order valence-electron chi connectivity index (χ2n) is 4.86. The van der Waals surface area contributed by atoms with E-state index >= 15 is 0 Å². The quantitative estimate of drug-likeness (QED) is 0.918. The number of carboxylic acid groups (broad SMARTS) is 1. The summed E-state index contributed by atoms with van der Waals surface area (Å²) < 4.78 is 5.31. The third-order valence-electron chi connectivity index (χ3n) is 3.72. The Labute approximate surface area is 118 Å². The molecule has 1 aromatic rings. The van der Waals surface area contributed by atoms with Crippen LogP contribution in [0.25, 0.3) is 0 Å². The summed E-state index contributed by atoms with van der Waals surface area (Å²) in [6.07, 6.45) is 2.32. The highest BCUT2D eigenvalue weighted by Gasteiger charge is 2.31. The van der Waals surface area contributed by atoms with Gasteiger partial charge in [0.05, 0.1) is 18.7 Å². The monoisotopic (exact) mass is 277 g/mol. The molecule has 1 fully saturated rings. The van der Waals surface area contributed by atoms with E-state index in [4.69, 9.17) is 9.84 Å². The number of methoxy groups -OCH3 is 1. The minimum absolute atomic E-state index is 0.0137. The van der Waals surface area contributed by atoms with Crippen molar-refractivity contribution in [2.24, 2.45) is 0 Å². The summed E-state index contributed by atoms with van der Waals surface area (Å²) in [6.45, 7) is 2.60. The molecule has 1 unspecified atom stereocenters. The van der Waals surface area contributed by atoms with Gasteiger partial charge in [0.1, 0.15) is 5.75 Å². The molecule has 0 aliphatic carbocycles. The number of carboxylic acids is 1. The number of carbonyl (C=O) groups excluding carboxylic acids is 1. The van der Waals surface area contributed by atoms with E-state index in [1.807, 2.05) is 11.8 Å². The topological polar surface area (TPSA) is 66.8 Å². The molecular weight excluding hydrogens is 258 g/mol. The minimum Gasteiger partial charge on any atom is -0.496 e. The summed E-state index contributed by atoms with van der Waals surface area (Å²) >= 11 is 0. The smallest absolute Gasteiger partial charge is 0.335 e. The number of nitrogens with zero attached hydrogens (tertiary/aromatic N) is 1. The molecular formula is C15H19NO4. The Balaban J connectivity index is 2.36. The van der Waals surface area contributed by atoms with Gasteiger partial charge in [-0.25, -0.2) is 4.79 Å². The maximum atomic E-state index is 12.0. The van der Waals surface area contributed by atoms with E-state index < -0.39 is 5.97 Å². The molecule has 1 aliphatic rings. The number of amides is 1. The van der Waals surface area contributed by atoms with Crippen LogP contribution in [0, 0.1) is 0 Å². The van der Waals surface area contributed by atoms with Crippen molar-refractivity contribution in [3.8, 4) is 5.75 Å². The van der Waals surface area contributed by atoms with E-state index in [0.29, 0.717) is 12.2 Å². The van der Waals surface area contributed by atoms with E-state index in [2.05, 4.69) is 0 Å². The van der Waals surface area contributed by atoms with Gasteiger partial charge in [-0.15, -0.1) is 0 Å². The Kier molecular flexibility index (Phi) is 4.27. The van der Waals surface area contributed by atoms with Crippen molar-refractivity contribution < 1.29 is 19.4 Å². The number of hydrogen-bond acceptors (Lipinski definition) is 3. The van der Waals surface area contributed by atoms with E-state index in [1.54, 1.807) is 12.1 Å². The van der Waals surface area contributed by atoms with Crippen molar-refractivity contribution in [3.05, 3.63) is 29.3 Å². The molecule has 5 heteroatoms. The summed E-state index contributed by atoms with van der Waals surface area (Å²) in [7, 11) is 1.52. The molecule has 1 aromatic carbocycles. The van der Waals surface area contributed by atoms with Crippen LogP contribution in [0.5, 0.6) is 5.75 Å². The van der Waals surface area contributed by atoms with Crippen LogP contribution in [0.4, 0.5) is 0 Å². The van der Waals surface area contributed by atoms with E-state index in [1.165, 1.54) is 13.2 Å². The van der Waals surface area contributed by atoms with Gasteiger partial charge in [-0.3, -0.25) is 4.79 Å². The maximum absolute atomic E-state index is 12.0. The van der Waals surface area contributed by atoms with Gasteiger partial charge >= 0.3 is 5.97 Å². The highest BCUT2D eigenvalue weighted by Crippen LogP contribution is 2.37. The Bertz CT molecular complexity index is 527. The van der Waals surface area contributed by atoms with Crippen molar-refractivity contribution in [1.29, 1.82) is 0 Å². The summed E-state index contributed by atoms with van der Waals surface area (Å²) in [5.74, 6) is -0.328. The number of aromatic carboxylic acids is 1. The van der Waals surface area contributed by atoms with E-state index in [9.17, 15) is 9.59 Å². The number of benzene rings is 1. The normalized spacial score (nSPS) is 18.1. The zero-order valence-electron chi connectivity index (χ0n) is 11.8. The first-order valence-corrected chi connectivity index (χ1v) is 6.79. The van der Waals surface area contributed by atoms with Crippen LogP contribution in [0.3, 0.4) is 0 Å². The molecule has 1 saturated heterocycles. The van der Waals surface area contributed by atoms with Crippen molar-refractivity contribution >= 4 is 11.9 Å². The predicted octanol–water partition coefficient (Wildman–Crippen LogP) is 2.47. The lowest BCUT2D eigenvalue weighted by atomic mass is 10.0. The number of hydrogen-bond donors (Lipinski definition) is 1. The molecule has 0 aromatic heterocycles. The molecule has 1 heterocycles. The van der Waals surface area contributed by atoms with E-state index in [0.717, 1.165) is 24.9 Å². The summed E-state index contributed by atoms with van der Waals surface area (Å²) in [4.78, 5) is 24.8. The molecule has 5 nitrogen and oxygen atoms in total. The van der Waals surface area contributed by atoms with Crippen LogP contribution in [0.1, 0.15) is 48.1 Å². The van der Waals surface area contributed by atoms with Crippen LogP contribution in [-0.4, -0.2) is 35.5 Å². The minimum atomic E-state index is -0.984. The first kappa shape index (κ1) is 14.4. The predicted molar refractivity (Wildman–Crippen MR) is 73.9 cm³/mol. The molecule has 1 atom stereocenters. The van der Waals surface area contributed by atoms with Gasteiger partial charge in [0, 0.05) is 18.5 Å². The average Bonchev–Trinajstić information content (AvgIpc) is 2.94. The fraction of sp³-hybridized carbons (Fsp3) is 0.467. The molecule has 20 heavy (non-hydrogen) atoms. The van der Waals surface area contributed by atoms with Crippen LogP contribution in [-0.2, 0) is 4.79 Å². The lowest BCUT2D eigenvalue weighted by molar-refractivity contribution is -0.131. The standard InChI is InChI=1S/C15H19NO4/c1-3-14(17)16-8-4-5-12(16)11-7-6-10(15(18)19)9-13(11)20-2/h6-7,9,12H,3-5,8H2,1-2H3,(H,18,19). The third kappa shape index (κ3) is 2.61. The third-order valence-corrected chi connectivity index (χ3v) is 3.72. The SMILES string of the molecule is CCC(=O)N1CCCC1c1ccc(C(=O)O)cc1OC. The van der Waals surface area contributed by atoms with Gasteiger partial charge in [0.15, 0.2) is 0 Å². The van der Waals surface area contributed by atoms with E-state index in [-0.39, 0.29) is 17.5 Å². The van der Waals surface area contributed by atoms with Crippen molar-refractivity contribution in [1.82, 2.24) is 4.90 Å². The molecule has 0 saturated carbocycles. The fourth-order valence-corrected chi connectivity index (χ4v) is 2.71. The molecule has 1 amide bonds. The Morgan fingerprint density at radius 1 is 1.45 bits per heavy atom. The fourth-order valence-electron chi connectivity index (χ4n) is 2.71. The van der Waals surface area contributed by atoms with Gasteiger partial charge < -0.3 is 14.7 Å². The van der Waals surface area contributed by atoms with Gasteiger partial charge in [-0.2, -0.15) is 0 Å². The zero-order valence-corrected chi connectivity index (χ0v) is 11.8. The molecule has 1 N–H and O–H groups in total. The number of rotatable bonds is 4. The summed E-state index contributed by atoms with van der Waals surface area (Å²) in [5, 5.41) is 9.02. The first-order chi connectivity index (χ1) is 9.58. The summed E-state index contributed by atoms with van der Waals surface area (Å²) in [6, 6.07) is 4.83. The molecule has 1 aliphatic heterocycles. The first-order valence-electron chi connectivity index (χ1n) is 6.79. The Hall–Kier alpha value is -2.04. The molecule has 108 valence electrons. The van der Waals surface area contributed by atoms with Crippen molar-refractivity contribution in [2.45, 2.75) is 32.2 Å². The number of carbonyl (C=O) groups is 2. The number of ether oxygens (including phenoxy) is 1. The Morgan fingerprint density at radius 2 is 2.20 bits per heavy atom. The second-order valence-corrected chi connectivity index (χ2v) is 4.86. The zero-order chi connectivity index (χ0) is 14.7. The largest absolute Gasteiger partial charge is 0.496 e. The van der Waals surface area contributed by atoms with Crippen molar-refractivity contribution in [2.75, 3.05) is 13.7 Å². The summed E-state index contributed by atoms with van der Waals surface area (Å²) in [5.41, 5.74) is 1.08. The molecule has 2 rings (SSSR count). The second kappa shape index (κ2) is 5.94.